The Morgan fingerprint density at radius 2 is 1.88 bits per heavy atom. The van der Waals surface area contributed by atoms with E-state index in [2.05, 4.69) is 39.2 Å². The van der Waals surface area contributed by atoms with Crippen molar-refractivity contribution < 1.29 is 9.47 Å². The molecular weight excluding hydrogens is 322 g/mol. The average molecular weight is 366 g/mol. The van der Waals surface area contributed by atoms with Gasteiger partial charge in [-0.05, 0) is 50.0 Å². The highest BCUT2D eigenvalue weighted by atomic mass is 16.7. The number of rotatable bonds is 11. The Morgan fingerprint density at radius 1 is 1.15 bits per heavy atom. The lowest BCUT2D eigenvalue weighted by Gasteiger charge is -2.42. The zero-order valence-corrected chi connectivity index (χ0v) is 17.9. The van der Waals surface area contributed by atoms with Gasteiger partial charge in [0.1, 0.15) is 0 Å². The molecular formula is C23H43NO2. The molecule has 2 fully saturated rings. The Hall–Kier alpha value is -0.380. The molecule has 0 bridgehead atoms. The van der Waals surface area contributed by atoms with Crippen LogP contribution in [-0.4, -0.2) is 43.0 Å². The highest BCUT2D eigenvalue weighted by molar-refractivity contribution is 4.90. The topological polar surface area (TPSA) is 21.7 Å². The minimum absolute atomic E-state index is 0.268. The van der Waals surface area contributed by atoms with Crippen LogP contribution < -0.4 is 0 Å². The normalized spacial score (nSPS) is 29.6. The highest BCUT2D eigenvalue weighted by Gasteiger charge is 2.46. The fourth-order valence-corrected chi connectivity index (χ4v) is 4.89. The third kappa shape index (κ3) is 6.07. The number of ether oxygens (including phenoxy) is 2. The summed E-state index contributed by atoms with van der Waals surface area (Å²) in [5.74, 6) is 0.548. The molecule has 2 aliphatic rings. The zero-order valence-electron chi connectivity index (χ0n) is 17.9. The minimum Gasteiger partial charge on any atom is -0.347 e. The summed E-state index contributed by atoms with van der Waals surface area (Å²) in [7, 11) is 0. The Labute approximate surface area is 162 Å². The molecule has 0 amide bonds. The Balaban J connectivity index is 1.77. The van der Waals surface area contributed by atoms with Gasteiger partial charge in [0.15, 0.2) is 5.79 Å². The summed E-state index contributed by atoms with van der Waals surface area (Å²) in [6.07, 6.45) is 13.1. The molecule has 0 aromatic carbocycles. The molecule has 0 aromatic heterocycles. The first-order valence-electron chi connectivity index (χ1n) is 11.1. The minimum atomic E-state index is -0.268. The molecule has 1 spiro atoms. The van der Waals surface area contributed by atoms with Gasteiger partial charge < -0.3 is 9.47 Å². The first kappa shape index (κ1) is 21.9. The van der Waals surface area contributed by atoms with Gasteiger partial charge in [0.2, 0.25) is 0 Å². The van der Waals surface area contributed by atoms with E-state index in [-0.39, 0.29) is 11.9 Å². The lowest BCUT2D eigenvalue weighted by atomic mass is 9.68. The van der Waals surface area contributed by atoms with Crippen LogP contribution >= 0.6 is 0 Å². The molecule has 1 aliphatic carbocycles. The fraction of sp³-hybridized carbons (Fsp3) is 0.913. The van der Waals surface area contributed by atoms with Crippen LogP contribution in [0.15, 0.2) is 12.7 Å². The van der Waals surface area contributed by atoms with Crippen LogP contribution in [0.4, 0.5) is 0 Å². The van der Waals surface area contributed by atoms with Gasteiger partial charge in [-0.25, -0.2) is 0 Å². The van der Waals surface area contributed by atoms with E-state index >= 15 is 0 Å². The van der Waals surface area contributed by atoms with E-state index in [1.54, 1.807) is 0 Å². The van der Waals surface area contributed by atoms with Crippen LogP contribution in [0.3, 0.4) is 0 Å². The second-order valence-corrected chi connectivity index (χ2v) is 9.21. The second-order valence-electron chi connectivity index (χ2n) is 9.21. The predicted molar refractivity (Wildman–Crippen MR) is 110 cm³/mol. The summed E-state index contributed by atoms with van der Waals surface area (Å²) in [4.78, 5) is 2.50. The van der Waals surface area contributed by atoms with Gasteiger partial charge in [0.25, 0.3) is 0 Å². The number of hydrogen-bond donors (Lipinski definition) is 0. The molecule has 3 nitrogen and oxygen atoms in total. The van der Waals surface area contributed by atoms with E-state index < -0.39 is 0 Å². The quantitative estimate of drug-likeness (QED) is 0.432. The molecule has 2 rings (SSSR count). The Kier molecular flexibility index (Phi) is 8.63. The van der Waals surface area contributed by atoms with Crippen LogP contribution in [0.25, 0.3) is 0 Å². The van der Waals surface area contributed by atoms with Crippen molar-refractivity contribution in [3.63, 3.8) is 0 Å². The van der Waals surface area contributed by atoms with Crippen LogP contribution in [0.5, 0.6) is 0 Å². The maximum Gasteiger partial charge on any atom is 0.168 e. The molecule has 1 saturated carbocycles. The molecule has 0 N–H and O–H groups in total. The summed E-state index contributed by atoms with van der Waals surface area (Å²) in [5.41, 5.74) is 0.457. The van der Waals surface area contributed by atoms with Crippen molar-refractivity contribution in [3.05, 3.63) is 12.7 Å². The van der Waals surface area contributed by atoms with Gasteiger partial charge in [0.05, 0.1) is 12.7 Å². The predicted octanol–water partition coefficient (Wildman–Crippen LogP) is 5.79. The molecule has 0 aromatic rings. The maximum absolute atomic E-state index is 6.47. The third-order valence-corrected chi connectivity index (χ3v) is 6.64. The van der Waals surface area contributed by atoms with E-state index in [1.165, 1.54) is 38.5 Å². The van der Waals surface area contributed by atoms with Gasteiger partial charge >= 0.3 is 0 Å². The third-order valence-electron chi connectivity index (χ3n) is 6.64. The van der Waals surface area contributed by atoms with Crippen molar-refractivity contribution in [2.24, 2.45) is 11.3 Å². The van der Waals surface area contributed by atoms with Gasteiger partial charge in [-0.3, -0.25) is 4.90 Å². The highest BCUT2D eigenvalue weighted by Crippen LogP contribution is 2.47. The maximum atomic E-state index is 6.47. The molecule has 26 heavy (non-hydrogen) atoms. The molecule has 152 valence electrons. The lowest BCUT2D eigenvalue weighted by Crippen LogP contribution is -2.39. The largest absolute Gasteiger partial charge is 0.347 e. The first-order chi connectivity index (χ1) is 12.4. The van der Waals surface area contributed by atoms with Crippen LogP contribution in [0, 0.1) is 11.3 Å². The van der Waals surface area contributed by atoms with Gasteiger partial charge in [-0.15, -0.1) is 6.58 Å². The van der Waals surface area contributed by atoms with E-state index in [9.17, 15) is 0 Å². The molecule has 0 radical (unpaired) electrons. The summed E-state index contributed by atoms with van der Waals surface area (Å²) in [6, 6.07) is 0. The summed E-state index contributed by atoms with van der Waals surface area (Å²) in [5, 5.41) is 0. The van der Waals surface area contributed by atoms with Crippen LogP contribution in [0.2, 0.25) is 0 Å². The fourth-order valence-electron chi connectivity index (χ4n) is 4.89. The first-order valence-corrected chi connectivity index (χ1v) is 11.1. The molecule has 1 atom stereocenters. The Morgan fingerprint density at radius 3 is 2.50 bits per heavy atom. The summed E-state index contributed by atoms with van der Waals surface area (Å²) in [6.45, 7) is 17.4. The van der Waals surface area contributed by atoms with Gasteiger partial charge in [0, 0.05) is 25.9 Å². The van der Waals surface area contributed by atoms with Gasteiger partial charge in [-0.2, -0.15) is 0 Å². The molecule has 1 aliphatic heterocycles. The van der Waals surface area contributed by atoms with E-state index in [1.807, 2.05) is 6.08 Å². The van der Waals surface area contributed by atoms with Gasteiger partial charge in [-0.1, -0.05) is 46.6 Å². The summed E-state index contributed by atoms with van der Waals surface area (Å²) < 4.78 is 12.7. The van der Waals surface area contributed by atoms with Crippen molar-refractivity contribution in [3.8, 4) is 0 Å². The SMILES string of the molecule is C=CCN(CCCC)CCC1COC2(CCC(C(C)(C)CCC)CC2)O1. The number of nitrogens with zero attached hydrogens (tertiary/aromatic N) is 1. The molecule has 1 unspecified atom stereocenters. The standard InChI is InChI=1S/C23H43NO2/c1-6-9-17-24(16-8-3)18-12-21-19-25-23(26-21)14-10-20(11-15-23)22(4,5)13-7-2/h8,20-21H,3,6-7,9-19H2,1-2,4-5H3. The van der Waals surface area contributed by atoms with Crippen molar-refractivity contribution in [1.29, 1.82) is 0 Å². The lowest BCUT2D eigenvalue weighted by molar-refractivity contribution is -0.197. The number of hydrogen-bond acceptors (Lipinski definition) is 3. The molecule has 1 saturated heterocycles. The smallest absolute Gasteiger partial charge is 0.168 e. The van der Waals surface area contributed by atoms with Crippen molar-refractivity contribution in [2.75, 3.05) is 26.2 Å². The van der Waals surface area contributed by atoms with E-state index in [4.69, 9.17) is 9.47 Å². The average Bonchev–Trinajstić information content (AvgIpc) is 3.00. The van der Waals surface area contributed by atoms with Crippen molar-refractivity contribution in [1.82, 2.24) is 4.90 Å². The number of unbranched alkanes of at least 4 members (excludes halogenated alkanes) is 1. The van der Waals surface area contributed by atoms with E-state index in [0.717, 1.165) is 51.4 Å². The van der Waals surface area contributed by atoms with Crippen molar-refractivity contribution >= 4 is 0 Å². The molecule has 1 heterocycles. The Bertz CT molecular complexity index is 412. The monoisotopic (exact) mass is 365 g/mol. The summed E-state index contributed by atoms with van der Waals surface area (Å²) >= 11 is 0. The zero-order chi connectivity index (χ0) is 19.0. The van der Waals surface area contributed by atoms with E-state index in [0.29, 0.717) is 5.41 Å². The van der Waals surface area contributed by atoms with Crippen LogP contribution in [0.1, 0.15) is 85.5 Å². The van der Waals surface area contributed by atoms with Crippen LogP contribution in [-0.2, 0) is 9.47 Å². The van der Waals surface area contributed by atoms with Crippen molar-refractivity contribution in [2.45, 2.75) is 97.4 Å². The molecule has 3 heteroatoms. The second kappa shape index (κ2) is 10.2.